The van der Waals surface area contributed by atoms with E-state index in [-0.39, 0.29) is 5.41 Å². The molecule has 1 fully saturated rings. The van der Waals surface area contributed by atoms with Crippen molar-refractivity contribution in [3.8, 4) is 0 Å². The molecule has 0 saturated heterocycles. The quantitative estimate of drug-likeness (QED) is 0.777. The van der Waals surface area contributed by atoms with Gasteiger partial charge in [0.2, 0.25) is 0 Å². The molecule has 1 spiro atoms. The second-order valence-corrected chi connectivity index (χ2v) is 7.91. The lowest BCUT2D eigenvalue weighted by Crippen LogP contribution is -2.45. The first kappa shape index (κ1) is 17.6. The number of nitrogens with zero attached hydrogens (tertiary/aromatic N) is 1. The summed E-state index contributed by atoms with van der Waals surface area (Å²) in [5.41, 5.74) is 3.83. The van der Waals surface area contributed by atoms with Gasteiger partial charge < -0.3 is 10.1 Å². The summed E-state index contributed by atoms with van der Waals surface area (Å²) >= 11 is 6.13. The minimum atomic E-state index is 0.0992. The van der Waals surface area contributed by atoms with Crippen molar-refractivity contribution >= 4 is 23.1 Å². The molecule has 1 aliphatic heterocycles. The van der Waals surface area contributed by atoms with Crippen molar-refractivity contribution in [2.45, 2.75) is 44.8 Å². The van der Waals surface area contributed by atoms with Crippen LogP contribution in [0.15, 0.2) is 53.5 Å². The zero-order valence-corrected chi connectivity index (χ0v) is 15.9. The minimum Gasteiger partial charge on any atom is -0.381 e. The first-order valence-corrected chi connectivity index (χ1v) is 9.73. The predicted octanol–water partition coefficient (Wildman–Crippen LogP) is 5.48. The van der Waals surface area contributed by atoms with Gasteiger partial charge in [-0.2, -0.15) is 0 Å². The van der Waals surface area contributed by atoms with E-state index in [1.54, 1.807) is 0 Å². The zero-order valence-electron chi connectivity index (χ0n) is 15.2. The molecule has 0 bridgehead atoms. The fourth-order valence-corrected chi connectivity index (χ4v) is 4.52. The number of para-hydroxylation sites is 1. The maximum absolute atomic E-state index is 6.13. The molecule has 1 saturated carbocycles. The maximum Gasteiger partial charge on any atom is 0.108 e. The molecule has 1 heterocycles. The van der Waals surface area contributed by atoms with E-state index in [4.69, 9.17) is 21.3 Å². The molecule has 0 radical (unpaired) electrons. The Morgan fingerprint density at radius 1 is 1.15 bits per heavy atom. The summed E-state index contributed by atoms with van der Waals surface area (Å²) in [4.78, 5) is 5.03. The molecule has 2 aromatic rings. The zero-order chi connectivity index (χ0) is 18.0. The van der Waals surface area contributed by atoms with Crippen LogP contribution < -0.4 is 5.32 Å². The van der Waals surface area contributed by atoms with Crippen LogP contribution in [0.1, 0.15) is 36.8 Å². The Kier molecular flexibility index (Phi) is 5.01. The molecule has 136 valence electrons. The number of aliphatic imine (C=N–C) groups is 1. The van der Waals surface area contributed by atoms with Gasteiger partial charge in [-0.05, 0) is 61.4 Å². The SMILES string of the molecule is COC1CCC2(CC1)Cc1ccccc1NC2=NCc1cccc(Cl)c1. The number of ether oxygens (including phenoxy) is 1. The smallest absolute Gasteiger partial charge is 0.108 e. The van der Waals surface area contributed by atoms with Crippen LogP contribution in [-0.4, -0.2) is 19.0 Å². The number of rotatable bonds is 3. The summed E-state index contributed by atoms with van der Waals surface area (Å²) in [6.07, 6.45) is 5.85. The monoisotopic (exact) mass is 368 g/mol. The average Bonchev–Trinajstić information content (AvgIpc) is 2.67. The fraction of sp³-hybridized carbons (Fsp3) is 0.409. The van der Waals surface area contributed by atoms with Crippen LogP contribution in [0, 0.1) is 5.41 Å². The number of amidine groups is 1. The molecule has 4 heteroatoms. The van der Waals surface area contributed by atoms with E-state index in [2.05, 4.69) is 35.6 Å². The van der Waals surface area contributed by atoms with E-state index in [9.17, 15) is 0 Å². The van der Waals surface area contributed by atoms with Gasteiger partial charge in [0.15, 0.2) is 0 Å². The number of anilines is 1. The van der Waals surface area contributed by atoms with Gasteiger partial charge in [-0.3, -0.25) is 4.99 Å². The average molecular weight is 369 g/mol. The first-order chi connectivity index (χ1) is 12.7. The highest BCUT2D eigenvalue weighted by Gasteiger charge is 2.43. The van der Waals surface area contributed by atoms with Gasteiger partial charge in [-0.15, -0.1) is 0 Å². The Morgan fingerprint density at radius 3 is 2.73 bits per heavy atom. The van der Waals surface area contributed by atoms with Crippen molar-refractivity contribution in [3.63, 3.8) is 0 Å². The lowest BCUT2D eigenvalue weighted by molar-refractivity contribution is 0.0452. The third-order valence-electron chi connectivity index (χ3n) is 5.83. The van der Waals surface area contributed by atoms with Crippen LogP contribution in [0.3, 0.4) is 0 Å². The Morgan fingerprint density at radius 2 is 1.96 bits per heavy atom. The topological polar surface area (TPSA) is 33.6 Å². The fourth-order valence-electron chi connectivity index (χ4n) is 4.31. The summed E-state index contributed by atoms with van der Waals surface area (Å²) in [7, 11) is 1.82. The molecule has 1 N–H and O–H groups in total. The Balaban J connectivity index is 1.64. The van der Waals surface area contributed by atoms with Crippen molar-refractivity contribution < 1.29 is 4.74 Å². The van der Waals surface area contributed by atoms with Crippen LogP contribution in [0.2, 0.25) is 5.02 Å². The number of hydrogen-bond donors (Lipinski definition) is 1. The number of halogens is 1. The molecular weight excluding hydrogens is 344 g/mol. The van der Waals surface area contributed by atoms with Crippen LogP contribution in [0.4, 0.5) is 5.69 Å². The van der Waals surface area contributed by atoms with Crippen LogP contribution in [0.5, 0.6) is 0 Å². The van der Waals surface area contributed by atoms with E-state index in [1.165, 1.54) is 11.3 Å². The first-order valence-electron chi connectivity index (χ1n) is 9.36. The van der Waals surface area contributed by atoms with E-state index >= 15 is 0 Å². The van der Waals surface area contributed by atoms with Crippen LogP contribution in [-0.2, 0) is 17.7 Å². The summed E-state index contributed by atoms with van der Waals surface area (Å²) in [6.45, 7) is 0.653. The number of benzene rings is 2. The highest BCUT2D eigenvalue weighted by Crippen LogP contribution is 2.45. The predicted molar refractivity (Wildman–Crippen MR) is 108 cm³/mol. The van der Waals surface area contributed by atoms with Crippen molar-refractivity contribution in [2.75, 3.05) is 12.4 Å². The van der Waals surface area contributed by atoms with E-state index < -0.39 is 0 Å². The van der Waals surface area contributed by atoms with E-state index in [0.717, 1.165) is 48.5 Å². The third kappa shape index (κ3) is 3.51. The number of methoxy groups -OCH3 is 1. The molecule has 0 amide bonds. The van der Waals surface area contributed by atoms with Gasteiger partial charge in [0.25, 0.3) is 0 Å². The standard InChI is InChI=1S/C22H25ClN2O/c1-26-19-9-11-22(12-10-19)14-17-6-2-3-8-20(17)25-21(22)24-15-16-5-4-7-18(23)13-16/h2-8,13,19H,9-12,14-15H2,1H3,(H,24,25). The largest absolute Gasteiger partial charge is 0.381 e. The van der Waals surface area contributed by atoms with Crippen LogP contribution in [0.25, 0.3) is 0 Å². The van der Waals surface area contributed by atoms with E-state index in [1.807, 2.05) is 25.3 Å². The van der Waals surface area contributed by atoms with Gasteiger partial charge in [0.05, 0.1) is 12.6 Å². The molecule has 4 rings (SSSR count). The molecule has 0 aromatic heterocycles. The summed E-state index contributed by atoms with van der Waals surface area (Å²) in [5, 5.41) is 4.42. The van der Waals surface area contributed by atoms with Gasteiger partial charge in [0, 0.05) is 23.2 Å². The lowest BCUT2D eigenvalue weighted by Gasteiger charge is -2.44. The van der Waals surface area contributed by atoms with Crippen molar-refractivity contribution in [1.29, 1.82) is 0 Å². The van der Waals surface area contributed by atoms with Gasteiger partial charge in [-0.25, -0.2) is 0 Å². The second kappa shape index (κ2) is 7.42. The number of hydrogen-bond acceptors (Lipinski definition) is 2. The molecular formula is C22H25ClN2O. The summed E-state index contributed by atoms with van der Waals surface area (Å²) in [5.74, 6) is 1.13. The molecule has 0 atom stereocenters. The minimum absolute atomic E-state index is 0.0992. The Labute approximate surface area is 160 Å². The Hall–Kier alpha value is -1.84. The van der Waals surface area contributed by atoms with Crippen molar-refractivity contribution in [3.05, 3.63) is 64.7 Å². The van der Waals surface area contributed by atoms with Crippen LogP contribution >= 0.6 is 11.6 Å². The molecule has 26 heavy (non-hydrogen) atoms. The van der Waals surface area contributed by atoms with Gasteiger partial charge >= 0.3 is 0 Å². The van der Waals surface area contributed by atoms with Gasteiger partial charge in [-0.1, -0.05) is 41.9 Å². The Bertz CT molecular complexity index is 809. The van der Waals surface area contributed by atoms with Gasteiger partial charge in [0.1, 0.15) is 5.84 Å². The normalized spacial score (nSPS) is 26.5. The highest BCUT2D eigenvalue weighted by molar-refractivity contribution is 6.30. The molecule has 0 unspecified atom stereocenters. The summed E-state index contributed by atoms with van der Waals surface area (Å²) in [6, 6.07) is 16.6. The number of nitrogens with one attached hydrogen (secondary N) is 1. The van der Waals surface area contributed by atoms with Crippen molar-refractivity contribution in [2.24, 2.45) is 10.4 Å². The molecule has 3 nitrogen and oxygen atoms in total. The third-order valence-corrected chi connectivity index (χ3v) is 6.07. The lowest BCUT2D eigenvalue weighted by atomic mass is 9.67. The second-order valence-electron chi connectivity index (χ2n) is 7.47. The van der Waals surface area contributed by atoms with E-state index in [0.29, 0.717) is 12.6 Å². The molecule has 2 aliphatic rings. The summed E-state index contributed by atoms with van der Waals surface area (Å²) < 4.78 is 5.60. The maximum atomic E-state index is 6.13. The molecule has 2 aromatic carbocycles. The molecule has 1 aliphatic carbocycles. The highest BCUT2D eigenvalue weighted by atomic mass is 35.5. The van der Waals surface area contributed by atoms with Crippen molar-refractivity contribution in [1.82, 2.24) is 0 Å². The number of fused-ring (bicyclic) bond motifs is 1.